The summed E-state index contributed by atoms with van der Waals surface area (Å²) in [6, 6.07) is 75.4. The van der Waals surface area contributed by atoms with Crippen molar-refractivity contribution in [1.29, 1.82) is 0 Å². The molecule has 60 heavy (non-hydrogen) atoms. The van der Waals surface area contributed by atoms with Crippen LogP contribution in [-0.2, 0) is 0 Å². The zero-order valence-electron chi connectivity index (χ0n) is 32.4. The number of thiazole rings is 2. The minimum atomic E-state index is 0.924. The van der Waals surface area contributed by atoms with Gasteiger partial charge in [0.15, 0.2) is 0 Å². The molecule has 0 unspecified atom stereocenters. The highest BCUT2D eigenvalue weighted by atomic mass is 32.1. The summed E-state index contributed by atoms with van der Waals surface area (Å²) in [5.41, 5.74) is 17.2. The molecular weight excluding hydrogens is 767 g/mol. The first-order chi connectivity index (χ1) is 29.7. The zero-order chi connectivity index (χ0) is 39.8. The van der Waals surface area contributed by atoms with Crippen molar-refractivity contribution in [2.75, 3.05) is 0 Å². The molecule has 0 bridgehead atoms. The lowest BCUT2D eigenvalue weighted by Crippen LogP contribution is -1.97. The predicted octanol–water partition coefficient (Wildman–Crippen LogP) is 15.6. The van der Waals surface area contributed by atoms with Crippen LogP contribution in [0.1, 0.15) is 0 Å². The molecule has 8 aromatic carbocycles. The van der Waals surface area contributed by atoms with E-state index in [-0.39, 0.29) is 0 Å². The van der Waals surface area contributed by atoms with Crippen LogP contribution >= 0.6 is 22.7 Å². The lowest BCUT2D eigenvalue weighted by Gasteiger charge is -2.18. The molecule has 0 spiro atoms. The molecular formula is C55H35N3S2. The smallest absolute Gasteiger partial charge is 0.124 e. The van der Waals surface area contributed by atoms with Crippen molar-refractivity contribution in [2.45, 2.75) is 0 Å². The van der Waals surface area contributed by atoms with Crippen molar-refractivity contribution in [3.05, 3.63) is 212 Å². The minimum absolute atomic E-state index is 0.924. The van der Waals surface area contributed by atoms with Gasteiger partial charge in [0.1, 0.15) is 10.0 Å². The molecule has 0 saturated heterocycles. The summed E-state index contributed by atoms with van der Waals surface area (Å²) in [4.78, 5) is 15.6. The van der Waals surface area contributed by atoms with Gasteiger partial charge in [-0.05, 0) is 63.7 Å². The number of benzene rings is 8. The number of fused-ring (bicyclic) bond motifs is 2. The third-order valence-corrected chi connectivity index (χ3v) is 13.2. The molecule has 0 N–H and O–H groups in total. The van der Waals surface area contributed by atoms with Gasteiger partial charge in [0, 0.05) is 33.4 Å². The van der Waals surface area contributed by atoms with Gasteiger partial charge in [-0.15, -0.1) is 22.7 Å². The van der Waals surface area contributed by atoms with Crippen LogP contribution in [0.15, 0.2) is 212 Å². The maximum absolute atomic E-state index is 5.68. The van der Waals surface area contributed by atoms with Crippen molar-refractivity contribution in [3.63, 3.8) is 0 Å². The van der Waals surface area contributed by atoms with E-state index in [4.69, 9.17) is 15.0 Å². The molecule has 0 amide bonds. The Balaban J connectivity index is 1.08. The number of para-hydroxylation sites is 2. The molecule has 5 heteroatoms. The van der Waals surface area contributed by atoms with Crippen LogP contribution in [0.5, 0.6) is 0 Å². The SMILES string of the molecule is c1ccc(-c2ccc(-c3cc(-c4ccc(-c5ccccc5)cc4)c(-c4ccc(-c5nc6ccccc6s5)cc4)nc3-c3ccc(-c4nc5ccccc5s4)cc3)cc2)cc1. The molecule has 0 saturated carbocycles. The molecule has 0 radical (unpaired) electrons. The minimum Gasteiger partial charge on any atom is -0.246 e. The second kappa shape index (κ2) is 15.5. The van der Waals surface area contributed by atoms with Gasteiger partial charge < -0.3 is 0 Å². The van der Waals surface area contributed by atoms with E-state index in [2.05, 4.69) is 200 Å². The molecule has 0 atom stereocenters. The van der Waals surface area contributed by atoms with Crippen molar-refractivity contribution in [3.8, 4) is 88.2 Å². The summed E-state index contributed by atoms with van der Waals surface area (Å²) < 4.78 is 2.37. The van der Waals surface area contributed by atoms with E-state index in [1.54, 1.807) is 22.7 Å². The molecule has 0 aliphatic heterocycles. The highest BCUT2D eigenvalue weighted by molar-refractivity contribution is 7.22. The molecule has 0 aliphatic rings. The molecule has 0 aliphatic carbocycles. The Morgan fingerprint density at radius 1 is 0.250 bits per heavy atom. The van der Waals surface area contributed by atoms with Gasteiger partial charge in [-0.1, -0.05) is 182 Å². The Morgan fingerprint density at radius 3 is 0.967 bits per heavy atom. The van der Waals surface area contributed by atoms with Crippen LogP contribution in [0.4, 0.5) is 0 Å². The first kappa shape index (κ1) is 35.8. The third kappa shape index (κ3) is 6.90. The lowest BCUT2D eigenvalue weighted by molar-refractivity contribution is 1.32. The average Bonchev–Trinajstić information content (AvgIpc) is 3.98. The maximum atomic E-state index is 5.68. The second-order valence-electron chi connectivity index (χ2n) is 14.8. The van der Waals surface area contributed by atoms with E-state index < -0.39 is 0 Å². The predicted molar refractivity (Wildman–Crippen MR) is 254 cm³/mol. The highest BCUT2D eigenvalue weighted by Gasteiger charge is 2.19. The summed E-state index contributed by atoms with van der Waals surface area (Å²) in [5, 5.41) is 2.02. The van der Waals surface area contributed by atoms with Gasteiger partial charge in [-0.25, -0.2) is 15.0 Å². The van der Waals surface area contributed by atoms with Gasteiger partial charge in [-0.3, -0.25) is 0 Å². The number of nitrogens with zero attached hydrogens (tertiary/aromatic N) is 3. The molecule has 3 aromatic heterocycles. The van der Waals surface area contributed by atoms with Gasteiger partial charge in [0.25, 0.3) is 0 Å². The standard InChI is InChI=1S/C55H35N3S2/c1-3-11-36(12-4-1)38-19-23-40(24-20-38)46-35-47(41-25-21-39(22-26-41)37-13-5-2-6-14-37)53(43-29-33-45(34-30-43)55-57-49-16-8-10-18-51(49)60-55)58-52(46)42-27-31-44(32-28-42)54-56-48-15-7-9-17-50(48)59-54/h1-35H. The van der Waals surface area contributed by atoms with Crippen LogP contribution < -0.4 is 0 Å². The van der Waals surface area contributed by atoms with Crippen molar-refractivity contribution >= 4 is 43.1 Å². The van der Waals surface area contributed by atoms with Crippen LogP contribution in [-0.4, -0.2) is 15.0 Å². The van der Waals surface area contributed by atoms with Crippen LogP contribution in [0.25, 0.3) is 109 Å². The van der Waals surface area contributed by atoms with E-state index in [0.29, 0.717) is 0 Å². The van der Waals surface area contributed by atoms with Gasteiger partial charge in [-0.2, -0.15) is 0 Å². The third-order valence-electron chi connectivity index (χ3n) is 11.0. The number of hydrogen-bond acceptors (Lipinski definition) is 5. The van der Waals surface area contributed by atoms with Crippen molar-refractivity contribution in [2.24, 2.45) is 0 Å². The average molecular weight is 802 g/mol. The number of aromatic nitrogens is 3. The summed E-state index contributed by atoms with van der Waals surface area (Å²) in [5.74, 6) is 0. The van der Waals surface area contributed by atoms with Gasteiger partial charge >= 0.3 is 0 Å². The first-order valence-corrected chi connectivity index (χ1v) is 21.6. The largest absolute Gasteiger partial charge is 0.246 e. The molecule has 0 fully saturated rings. The van der Waals surface area contributed by atoms with E-state index in [1.807, 2.05) is 12.1 Å². The van der Waals surface area contributed by atoms with E-state index in [0.717, 1.165) is 76.9 Å². The molecule has 282 valence electrons. The Labute approximate surface area is 356 Å². The number of pyridine rings is 1. The molecule has 11 aromatic rings. The zero-order valence-corrected chi connectivity index (χ0v) is 34.0. The van der Waals surface area contributed by atoms with E-state index in [9.17, 15) is 0 Å². The maximum Gasteiger partial charge on any atom is 0.124 e. The Bertz CT molecular complexity index is 2970. The topological polar surface area (TPSA) is 38.7 Å². The van der Waals surface area contributed by atoms with Gasteiger partial charge in [0.2, 0.25) is 0 Å². The summed E-state index contributed by atoms with van der Waals surface area (Å²) >= 11 is 3.44. The second-order valence-corrected chi connectivity index (χ2v) is 16.9. The Morgan fingerprint density at radius 2 is 0.567 bits per heavy atom. The number of hydrogen-bond donors (Lipinski definition) is 0. The monoisotopic (exact) mass is 801 g/mol. The first-order valence-electron chi connectivity index (χ1n) is 20.0. The fourth-order valence-corrected chi connectivity index (χ4v) is 9.81. The van der Waals surface area contributed by atoms with Crippen molar-refractivity contribution in [1.82, 2.24) is 15.0 Å². The number of rotatable bonds is 8. The summed E-state index contributed by atoms with van der Waals surface area (Å²) in [6.45, 7) is 0. The lowest BCUT2D eigenvalue weighted by atomic mass is 9.90. The van der Waals surface area contributed by atoms with Gasteiger partial charge in [0.05, 0.1) is 31.8 Å². The normalized spacial score (nSPS) is 11.3. The summed E-state index contributed by atoms with van der Waals surface area (Å²) in [6.07, 6.45) is 0. The Hall–Kier alpha value is -7.31. The van der Waals surface area contributed by atoms with Crippen LogP contribution in [0.2, 0.25) is 0 Å². The van der Waals surface area contributed by atoms with E-state index >= 15 is 0 Å². The van der Waals surface area contributed by atoms with E-state index in [1.165, 1.54) is 31.7 Å². The van der Waals surface area contributed by atoms with Crippen LogP contribution in [0.3, 0.4) is 0 Å². The molecule has 11 rings (SSSR count). The Kier molecular flexibility index (Phi) is 9.23. The quantitative estimate of drug-likeness (QED) is 0.154. The fourth-order valence-electron chi connectivity index (χ4n) is 7.87. The molecule has 3 nitrogen and oxygen atoms in total. The summed E-state index contributed by atoms with van der Waals surface area (Å²) in [7, 11) is 0. The molecule has 3 heterocycles. The fraction of sp³-hybridized carbons (Fsp3) is 0. The highest BCUT2D eigenvalue weighted by Crippen LogP contribution is 2.42. The van der Waals surface area contributed by atoms with Crippen molar-refractivity contribution < 1.29 is 0 Å². The van der Waals surface area contributed by atoms with Crippen LogP contribution in [0, 0.1) is 0 Å².